The molecule has 1 aliphatic carbocycles. The van der Waals surface area contributed by atoms with E-state index in [9.17, 15) is 14.7 Å². The second kappa shape index (κ2) is 9.41. The molecule has 0 radical (unpaired) electrons. The van der Waals surface area contributed by atoms with Crippen molar-refractivity contribution in [3.05, 3.63) is 33.8 Å². The molecule has 3 unspecified atom stereocenters. The first-order chi connectivity index (χ1) is 11.9. The minimum atomic E-state index is -0.821. The maximum Gasteiger partial charge on any atom is 0.306 e. The van der Waals surface area contributed by atoms with Crippen LogP contribution in [0.2, 0.25) is 10.0 Å². The van der Waals surface area contributed by atoms with Crippen molar-refractivity contribution in [3.8, 4) is 0 Å². The van der Waals surface area contributed by atoms with Gasteiger partial charge in [0.1, 0.15) is 0 Å². The fraction of sp³-hybridized carbons (Fsp3) is 0.556. The summed E-state index contributed by atoms with van der Waals surface area (Å²) in [6.07, 6.45) is 3.09. The summed E-state index contributed by atoms with van der Waals surface area (Å²) in [6.45, 7) is 0.480. The van der Waals surface area contributed by atoms with Crippen LogP contribution in [0.25, 0.3) is 0 Å². The lowest BCUT2D eigenvalue weighted by atomic mass is 9.81. The molecular weight excluding hydrogens is 365 g/mol. The summed E-state index contributed by atoms with van der Waals surface area (Å²) in [5, 5.41) is 13.1. The zero-order chi connectivity index (χ0) is 18.4. The van der Waals surface area contributed by atoms with E-state index in [4.69, 9.17) is 27.9 Å². The molecule has 1 aromatic rings. The molecule has 138 valence electrons. The number of carbonyl (C=O) groups excluding carboxylic acids is 1. The van der Waals surface area contributed by atoms with Gasteiger partial charge >= 0.3 is 5.97 Å². The summed E-state index contributed by atoms with van der Waals surface area (Å²) in [7, 11) is 1.60. The predicted octanol–water partition coefficient (Wildman–Crippen LogP) is 4.08. The first kappa shape index (κ1) is 20.0. The van der Waals surface area contributed by atoms with Crippen LogP contribution in [0, 0.1) is 11.8 Å². The third-order valence-corrected chi connectivity index (χ3v) is 5.41. The van der Waals surface area contributed by atoms with E-state index >= 15 is 0 Å². The molecule has 2 rings (SSSR count). The number of halogens is 2. The standard InChI is InChI=1S/C18H23Cl2NO4/c1-25-8-7-16(11-5-6-14(19)15(20)10-11)21-17(22)12-3-2-4-13(9-12)18(23)24/h5-6,10,12-13,16H,2-4,7-9H2,1H3,(H,21,22)(H,23,24). The number of amides is 1. The summed E-state index contributed by atoms with van der Waals surface area (Å²) in [5.41, 5.74) is 0.852. The Morgan fingerprint density at radius 2 is 2.00 bits per heavy atom. The number of carboxylic acids is 1. The lowest BCUT2D eigenvalue weighted by Gasteiger charge is -2.28. The SMILES string of the molecule is COCCC(NC(=O)C1CCCC(C(=O)O)C1)c1ccc(Cl)c(Cl)c1. The van der Waals surface area contributed by atoms with Crippen LogP contribution in [-0.2, 0) is 14.3 Å². The van der Waals surface area contributed by atoms with Crippen molar-refractivity contribution in [1.82, 2.24) is 5.32 Å². The lowest BCUT2D eigenvalue weighted by molar-refractivity contribution is -0.144. The summed E-state index contributed by atoms with van der Waals surface area (Å²) in [5.74, 6) is -1.65. The summed E-state index contributed by atoms with van der Waals surface area (Å²) < 4.78 is 5.14. The van der Waals surface area contributed by atoms with E-state index in [1.54, 1.807) is 19.2 Å². The zero-order valence-electron chi connectivity index (χ0n) is 14.1. The van der Waals surface area contributed by atoms with E-state index in [-0.39, 0.29) is 17.9 Å². The largest absolute Gasteiger partial charge is 0.481 e. The topological polar surface area (TPSA) is 75.6 Å². The average molecular weight is 388 g/mol. The Labute approximate surface area is 157 Å². The highest BCUT2D eigenvalue weighted by molar-refractivity contribution is 6.42. The van der Waals surface area contributed by atoms with Crippen LogP contribution < -0.4 is 5.32 Å². The molecule has 1 saturated carbocycles. The normalized spacial score (nSPS) is 21.6. The van der Waals surface area contributed by atoms with Crippen molar-refractivity contribution in [3.63, 3.8) is 0 Å². The molecule has 0 aliphatic heterocycles. The van der Waals surface area contributed by atoms with Crippen LogP contribution in [0.5, 0.6) is 0 Å². The molecule has 1 amide bonds. The van der Waals surface area contributed by atoms with Crippen molar-refractivity contribution < 1.29 is 19.4 Å². The van der Waals surface area contributed by atoms with E-state index in [0.717, 1.165) is 12.0 Å². The molecule has 0 bridgehead atoms. The van der Waals surface area contributed by atoms with Crippen molar-refractivity contribution in [2.45, 2.75) is 38.1 Å². The number of aliphatic carboxylic acids is 1. The maximum atomic E-state index is 12.7. The fourth-order valence-electron chi connectivity index (χ4n) is 3.23. The Bertz CT molecular complexity index is 623. The van der Waals surface area contributed by atoms with Gasteiger partial charge in [-0.2, -0.15) is 0 Å². The zero-order valence-corrected chi connectivity index (χ0v) is 15.6. The molecule has 7 heteroatoms. The van der Waals surface area contributed by atoms with Gasteiger partial charge in [0.25, 0.3) is 0 Å². The lowest BCUT2D eigenvalue weighted by Crippen LogP contribution is -2.37. The smallest absolute Gasteiger partial charge is 0.306 e. The molecule has 0 saturated heterocycles. The minimum absolute atomic E-state index is 0.113. The number of methoxy groups -OCH3 is 1. The molecule has 1 aliphatic rings. The Morgan fingerprint density at radius 1 is 1.28 bits per heavy atom. The van der Waals surface area contributed by atoms with Gasteiger partial charge < -0.3 is 15.2 Å². The highest BCUT2D eigenvalue weighted by Gasteiger charge is 2.32. The van der Waals surface area contributed by atoms with Gasteiger partial charge in [-0.3, -0.25) is 9.59 Å². The first-order valence-electron chi connectivity index (χ1n) is 8.39. The van der Waals surface area contributed by atoms with Gasteiger partial charge in [0.15, 0.2) is 0 Å². The van der Waals surface area contributed by atoms with Crippen LogP contribution in [0.3, 0.4) is 0 Å². The van der Waals surface area contributed by atoms with E-state index in [1.807, 2.05) is 6.07 Å². The predicted molar refractivity (Wildman–Crippen MR) is 96.9 cm³/mol. The molecule has 1 aromatic carbocycles. The molecule has 0 spiro atoms. The van der Waals surface area contributed by atoms with E-state index in [2.05, 4.69) is 5.32 Å². The van der Waals surface area contributed by atoms with Gasteiger partial charge in [0, 0.05) is 19.6 Å². The van der Waals surface area contributed by atoms with Crippen molar-refractivity contribution in [2.75, 3.05) is 13.7 Å². The van der Waals surface area contributed by atoms with Gasteiger partial charge in [-0.25, -0.2) is 0 Å². The van der Waals surface area contributed by atoms with Gasteiger partial charge in [0.05, 0.1) is 22.0 Å². The van der Waals surface area contributed by atoms with Crippen LogP contribution in [0.1, 0.15) is 43.7 Å². The van der Waals surface area contributed by atoms with Crippen LogP contribution in [-0.4, -0.2) is 30.7 Å². The third kappa shape index (κ3) is 5.59. The summed E-state index contributed by atoms with van der Waals surface area (Å²) in [4.78, 5) is 23.9. The Morgan fingerprint density at radius 3 is 2.64 bits per heavy atom. The van der Waals surface area contributed by atoms with Crippen LogP contribution >= 0.6 is 23.2 Å². The molecule has 1 fully saturated rings. The Kier molecular flexibility index (Phi) is 7.54. The molecule has 2 N–H and O–H groups in total. The van der Waals surface area contributed by atoms with Gasteiger partial charge in [-0.1, -0.05) is 35.7 Å². The second-order valence-electron chi connectivity index (χ2n) is 6.41. The number of hydrogen-bond acceptors (Lipinski definition) is 3. The van der Waals surface area contributed by atoms with Gasteiger partial charge in [-0.15, -0.1) is 0 Å². The van der Waals surface area contributed by atoms with E-state index in [0.29, 0.717) is 42.3 Å². The maximum absolute atomic E-state index is 12.7. The first-order valence-corrected chi connectivity index (χ1v) is 9.15. The number of carbonyl (C=O) groups is 2. The number of carboxylic acid groups (broad SMARTS) is 1. The Hall–Kier alpha value is -1.30. The number of benzene rings is 1. The van der Waals surface area contributed by atoms with Crippen LogP contribution in [0.4, 0.5) is 0 Å². The number of rotatable bonds is 7. The van der Waals surface area contributed by atoms with Gasteiger partial charge in [-0.05, 0) is 43.4 Å². The van der Waals surface area contributed by atoms with Crippen LogP contribution in [0.15, 0.2) is 18.2 Å². The molecule has 3 atom stereocenters. The van der Waals surface area contributed by atoms with E-state index < -0.39 is 11.9 Å². The average Bonchev–Trinajstić information content (AvgIpc) is 2.61. The molecule has 0 heterocycles. The summed E-state index contributed by atoms with van der Waals surface area (Å²) in [6, 6.07) is 5.01. The van der Waals surface area contributed by atoms with Crippen molar-refractivity contribution in [1.29, 1.82) is 0 Å². The summed E-state index contributed by atoms with van der Waals surface area (Å²) >= 11 is 12.1. The number of nitrogens with one attached hydrogen (secondary N) is 1. The van der Waals surface area contributed by atoms with Crippen molar-refractivity contribution in [2.24, 2.45) is 11.8 Å². The number of hydrogen-bond donors (Lipinski definition) is 2. The third-order valence-electron chi connectivity index (χ3n) is 4.67. The monoisotopic (exact) mass is 387 g/mol. The fourth-order valence-corrected chi connectivity index (χ4v) is 3.54. The van der Waals surface area contributed by atoms with E-state index in [1.165, 1.54) is 0 Å². The molecular formula is C18H23Cl2NO4. The highest BCUT2D eigenvalue weighted by atomic mass is 35.5. The van der Waals surface area contributed by atoms with Gasteiger partial charge in [0.2, 0.25) is 5.91 Å². The quantitative estimate of drug-likeness (QED) is 0.738. The molecule has 5 nitrogen and oxygen atoms in total. The highest BCUT2D eigenvalue weighted by Crippen LogP contribution is 2.31. The molecule has 25 heavy (non-hydrogen) atoms. The molecule has 0 aromatic heterocycles. The minimum Gasteiger partial charge on any atom is -0.481 e. The Balaban J connectivity index is 2.08. The van der Waals surface area contributed by atoms with Crippen molar-refractivity contribution >= 4 is 35.1 Å². The second-order valence-corrected chi connectivity index (χ2v) is 7.23. The number of ether oxygens (including phenoxy) is 1.